The number of nitrogens with zero attached hydrogens (tertiary/aromatic N) is 2. The van der Waals surface area contributed by atoms with Crippen molar-refractivity contribution in [1.29, 1.82) is 0 Å². The lowest BCUT2D eigenvalue weighted by Crippen LogP contribution is -2.46. The molecule has 0 unspecified atom stereocenters. The highest BCUT2D eigenvalue weighted by molar-refractivity contribution is 7.88. The molecule has 0 saturated carbocycles. The molecule has 1 aromatic carbocycles. The lowest BCUT2D eigenvalue weighted by molar-refractivity contribution is -0.126. The van der Waals surface area contributed by atoms with Gasteiger partial charge in [-0.25, -0.2) is 17.1 Å². The molecule has 0 radical (unpaired) electrons. The van der Waals surface area contributed by atoms with Gasteiger partial charge in [-0.15, -0.1) is 0 Å². The number of piperidine rings is 1. The Morgan fingerprint density at radius 2 is 1.93 bits per heavy atom. The van der Waals surface area contributed by atoms with Crippen LogP contribution in [0.3, 0.4) is 0 Å². The van der Waals surface area contributed by atoms with Gasteiger partial charge in [0.25, 0.3) is 0 Å². The van der Waals surface area contributed by atoms with E-state index >= 15 is 0 Å². The van der Waals surface area contributed by atoms with Crippen molar-refractivity contribution in [2.45, 2.75) is 32.4 Å². The second kappa shape index (κ2) is 9.33. The van der Waals surface area contributed by atoms with Gasteiger partial charge in [0.15, 0.2) is 0 Å². The van der Waals surface area contributed by atoms with Gasteiger partial charge in [0.2, 0.25) is 15.9 Å². The molecule has 0 aliphatic carbocycles. The first-order valence-corrected chi connectivity index (χ1v) is 11.2. The van der Waals surface area contributed by atoms with E-state index < -0.39 is 15.8 Å². The molecule has 1 aromatic rings. The average molecular weight is 414 g/mol. The van der Waals surface area contributed by atoms with Crippen molar-refractivity contribution in [2.24, 2.45) is 11.3 Å². The van der Waals surface area contributed by atoms with E-state index in [1.165, 1.54) is 22.5 Å². The number of sulfonamides is 1. The standard InChI is InChI=1S/C20H32FN3O3S/c1-20(2,15-23(3)4)14-22-19(25)17-8-10-24(11-9-17)28(26,27)13-16-6-5-7-18(21)12-16/h5-7,12,17H,8-11,13-15H2,1-4H3,(H,22,25). The van der Waals surface area contributed by atoms with Gasteiger partial charge in [0.1, 0.15) is 5.82 Å². The first kappa shape index (κ1) is 22.8. The Hall–Kier alpha value is -1.51. The maximum atomic E-state index is 13.3. The van der Waals surface area contributed by atoms with Gasteiger partial charge in [-0.3, -0.25) is 4.79 Å². The lowest BCUT2D eigenvalue weighted by atomic mass is 9.91. The van der Waals surface area contributed by atoms with Crippen molar-refractivity contribution in [3.8, 4) is 0 Å². The van der Waals surface area contributed by atoms with E-state index in [2.05, 4.69) is 24.1 Å². The third-order valence-corrected chi connectivity index (χ3v) is 6.79. The van der Waals surface area contributed by atoms with Gasteiger partial charge in [-0.05, 0) is 50.0 Å². The molecule has 6 nitrogen and oxygen atoms in total. The van der Waals surface area contributed by atoms with Crippen LogP contribution in [0, 0.1) is 17.2 Å². The number of amides is 1. The summed E-state index contributed by atoms with van der Waals surface area (Å²) >= 11 is 0. The zero-order chi connectivity index (χ0) is 20.9. The molecule has 0 bridgehead atoms. The van der Waals surface area contributed by atoms with E-state index in [0.29, 0.717) is 38.0 Å². The fourth-order valence-electron chi connectivity index (χ4n) is 3.71. The molecular formula is C20H32FN3O3S. The molecule has 1 heterocycles. The fourth-order valence-corrected chi connectivity index (χ4v) is 5.26. The molecule has 2 rings (SSSR count). The largest absolute Gasteiger partial charge is 0.355 e. The minimum atomic E-state index is -3.52. The molecule has 158 valence electrons. The number of hydrogen-bond acceptors (Lipinski definition) is 4. The second-order valence-electron chi connectivity index (χ2n) is 8.68. The van der Waals surface area contributed by atoms with Gasteiger partial charge < -0.3 is 10.2 Å². The molecule has 1 N–H and O–H groups in total. The highest BCUT2D eigenvalue weighted by Crippen LogP contribution is 2.23. The first-order chi connectivity index (χ1) is 13.0. The van der Waals surface area contributed by atoms with E-state index in [1.54, 1.807) is 6.07 Å². The SMILES string of the molecule is CN(C)CC(C)(C)CNC(=O)C1CCN(S(=O)(=O)Cc2cccc(F)c2)CC1. The maximum Gasteiger partial charge on any atom is 0.223 e. The van der Waals surface area contributed by atoms with Gasteiger partial charge in [-0.2, -0.15) is 0 Å². The van der Waals surface area contributed by atoms with Gasteiger partial charge in [0.05, 0.1) is 5.75 Å². The third kappa shape index (κ3) is 6.83. The van der Waals surface area contributed by atoms with Crippen LogP contribution < -0.4 is 5.32 Å². The quantitative estimate of drug-likeness (QED) is 0.708. The van der Waals surface area contributed by atoms with Crippen molar-refractivity contribution in [3.63, 3.8) is 0 Å². The van der Waals surface area contributed by atoms with Gasteiger partial charge >= 0.3 is 0 Å². The number of carbonyl (C=O) groups is 1. The summed E-state index contributed by atoms with van der Waals surface area (Å²) in [6.07, 6.45) is 1.00. The maximum absolute atomic E-state index is 13.3. The minimum absolute atomic E-state index is 0.00555. The van der Waals surface area contributed by atoms with Crippen molar-refractivity contribution < 1.29 is 17.6 Å². The normalized spacial score (nSPS) is 17.1. The van der Waals surface area contributed by atoms with Crippen LogP contribution in [0.15, 0.2) is 24.3 Å². The molecule has 8 heteroatoms. The molecule has 28 heavy (non-hydrogen) atoms. The van der Waals surface area contributed by atoms with Crippen molar-refractivity contribution in [2.75, 3.05) is 40.3 Å². The summed E-state index contributed by atoms with van der Waals surface area (Å²) < 4.78 is 39.9. The van der Waals surface area contributed by atoms with Crippen LogP contribution >= 0.6 is 0 Å². The summed E-state index contributed by atoms with van der Waals surface area (Å²) in [5, 5.41) is 3.02. The second-order valence-corrected chi connectivity index (χ2v) is 10.6. The molecule has 0 aromatic heterocycles. The Morgan fingerprint density at radius 3 is 2.50 bits per heavy atom. The molecule has 0 spiro atoms. The van der Waals surface area contributed by atoms with Crippen LogP contribution in [0.25, 0.3) is 0 Å². The molecule has 1 saturated heterocycles. The topological polar surface area (TPSA) is 69.7 Å². The lowest BCUT2D eigenvalue weighted by Gasteiger charge is -2.32. The van der Waals surface area contributed by atoms with Crippen LogP contribution in [0.4, 0.5) is 4.39 Å². The predicted octanol–water partition coefficient (Wildman–Crippen LogP) is 2.07. The Labute approximate surface area is 168 Å². The molecular weight excluding hydrogens is 381 g/mol. The Kier molecular flexibility index (Phi) is 7.59. The van der Waals surface area contributed by atoms with Crippen LogP contribution in [0.5, 0.6) is 0 Å². The van der Waals surface area contributed by atoms with E-state index in [1.807, 2.05) is 14.1 Å². The average Bonchev–Trinajstić information content (AvgIpc) is 2.58. The smallest absolute Gasteiger partial charge is 0.223 e. The summed E-state index contributed by atoms with van der Waals surface area (Å²) in [6.45, 7) is 6.30. The molecule has 1 aliphatic rings. The summed E-state index contributed by atoms with van der Waals surface area (Å²) in [5.74, 6) is -0.842. The number of hydrogen-bond donors (Lipinski definition) is 1. The number of rotatable bonds is 8. The zero-order valence-corrected chi connectivity index (χ0v) is 18.1. The minimum Gasteiger partial charge on any atom is -0.355 e. The summed E-state index contributed by atoms with van der Waals surface area (Å²) in [6, 6.07) is 5.65. The molecule has 1 amide bonds. The molecule has 1 fully saturated rings. The summed E-state index contributed by atoms with van der Waals surface area (Å²) in [4.78, 5) is 14.6. The number of nitrogens with one attached hydrogen (secondary N) is 1. The Morgan fingerprint density at radius 1 is 1.29 bits per heavy atom. The van der Waals surface area contributed by atoms with Gasteiger partial charge in [0, 0.05) is 32.1 Å². The molecule has 1 aliphatic heterocycles. The van der Waals surface area contributed by atoms with Crippen LogP contribution in [-0.4, -0.2) is 63.8 Å². The van der Waals surface area contributed by atoms with Crippen LogP contribution in [0.2, 0.25) is 0 Å². The Balaban J connectivity index is 1.85. The van der Waals surface area contributed by atoms with Crippen LogP contribution in [-0.2, 0) is 20.6 Å². The summed E-state index contributed by atoms with van der Waals surface area (Å²) in [7, 11) is 0.485. The van der Waals surface area contributed by atoms with E-state index in [0.717, 1.165) is 6.54 Å². The number of carbonyl (C=O) groups excluding carboxylic acids is 1. The van der Waals surface area contributed by atoms with Crippen LogP contribution in [0.1, 0.15) is 32.3 Å². The molecule has 0 atom stereocenters. The van der Waals surface area contributed by atoms with E-state index in [4.69, 9.17) is 0 Å². The predicted molar refractivity (Wildman–Crippen MR) is 109 cm³/mol. The third-order valence-electron chi connectivity index (χ3n) is 4.94. The van der Waals surface area contributed by atoms with Crippen molar-refractivity contribution in [1.82, 2.24) is 14.5 Å². The number of benzene rings is 1. The Bertz CT molecular complexity index is 773. The summed E-state index contributed by atoms with van der Waals surface area (Å²) in [5.41, 5.74) is 0.400. The van der Waals surface area contributed by atoms with E-state index in [-0.39, 0.29) is 23.0 Å². The van der Waals surface area contributed by atoms with Crippen molar-refractivity contribution in [3.05, 3.63) is 35.6 Å². The van der Waals surface area contributed by atoms with E-state index in [9.17, 15) is 17.6 Å². The van der Waals surface area contributed by atoms with Gasteiger partial charge in [-0.1, -0.05) is 26.0 Å². The fraction of sp³-hybridized carbons (Fsp3) is 0.650. The highest BCUT2D eigenvalue weighted by Gasteiger charge is 2.32. The highest BCUT2D eigenvalue weighted by atomic mass is 32.2. The monoisotopic (exact) mass is 413 g/mol. The first-order valence-electron chi connectivity index (χ1n) is 9.63. The zero-order valence-electron chi connectivity index (χ0n) is 17.2. The van der Waals surface area contributed by atoms with Crippen molar-refractivity contribution >= 4 is 15.9 Å². The number of halogens is 1.